The number of halogens is 3. The van der Waals surface area contributed by atoms with Crippen molar-refractivity contribution in [3.63, 3.8) is 0 Å². The van der Waals surface area contributed by atoms with Gasteiger partial charge in [0.2, 0.25) is 0 Å². The van der Waals surface area contributed by atoms with Crippen molar-refractivity contribution in [2.24, 2.45) is 0 Å². The third-order valence-corrected chi connectivity index (χ3v) is 2.23. The highest BCUT2D eigenvalue weighted by Crippen LogP contribution is 2.33. The monoisotopic (exact) mass is 224 g/mol. The molecule has 0 aliphatic carbocycles. The Kier molecular flexibility index (Phi) is 2.56. The third kappa shape index (κ3) is 1.62. The van der Waals surface area contributed by atoms with E-state index in [0.717, 1.165) is 12.1 Å². The van der Waals surface area contributed by atoms with E-state index in [2.05, 4.69) is 0 Å². The number of aromatic hydroxyl groups is 1. The number of hydrogen-bond acceptors (Lipinski definition) is 1. The molecule has 0 spiro atoms. The lowest BCUT2D eigenvalue weighted by Gasteiger charge is -2.06. The van der Waals surface area contributed by atoms with Gasteiger partial charge in [0.1, 0.15) is 0 Å². The van der Waals surface area contributed by atoms with Gasteiger partial charge >= 0.3 is 0 Å². The van der Waals surface area contributed by atoms with Crippen LogP contribution in [0.4, 0.5) is 13.2 Å². The third-order valence-electron chi connectivity index (χ3n) is 2.23. The van der Waals surface area contributed by atoms with Crippen molar-refractivity contribution >= 4 is 0 Å². The molecular weight excluding hydrogens is 217 g/mol. The summed E-state index contributed by atoms with van der Waals surface area (Å²) in [6.45, 7) is 0. The standard InChI is InChI=1S/C12H7F3O/c13-9-5-1-3-7(11(9)15)8-4-2-6-10(14)12(8)16/h1-6,16H. The highest BCUT2D eigenvalue weighted by molar-refractivity contribution is 5.70. The molecule has 16 heavy (non-hydrogen) atoms. The minimum Gasteiger partial charge on any atom is -0.504 e. The number of hydrogen-bond donors (Lipinski definition) is 1. The molecule has 0 aromatic heterocycles. The number of phenolic OH excluding ortho intramolecular Hbond substituents is 1. The maximum absolute atomic E-state index is 13.4. The summed E-state index contributed by atoms with van der Waals surface area (Å²) in [5.41, 5.74) is -0.242. The molecule has 0 fully saturated rings. The summed E-state index contributed by atoms with van der Waals surface area (Å²) in [5, 5.41) is 9.40. The fourth-order valence-corrected chi connectivity index (χ4v) is 1.44. The van der Waals surface area contributed by atoms with Crippen molar-refractivity contribution in [1.82, 2.24) is 0 Å². The van der Waals surface area contributed by atoms with Crippen LogP contribution >= 0.6 is 0 Å². The fourth-order valence-electron chi connectivity index (χ4n) is 1.44. The van der Waals surface area contributed by atoms with Crippen molar-refractivity contribution in [1.29, 1.82) is 0 Å². The van der Waals surface area contributed by atoms with E-state index in [1.165, 1.54) is 24.3 Å². The summed E-state index contributed by atoms with van der Waals surface area (Å²) in [5.74, 6) is -3.71. The Labute approximate surface area is 89.8 Å². The number of para-hydroxylation sites is 1. The summed E-state index contributed by atoms with van der Waals surface area (Å²) in [7, 11) is 0. The molecule has 0 heterocycles. The normalized spacial score (nSPS) is 10.4. The first kappa shape index (κ1) is 10.5. The lowest BCUT2D eigenvalue weighted by molar-refractivity contribution is 0.433. The maximum Gasteiger partial charge on any atom is 0.166 e. The molecule has 82 valence electrons. The molecule has 1 N–H and O–H groups in total. The molecule has 0 aliphatic heterocycles. The molecule has 0 bridgehead atoms. The van der Waals surface area contributed by atoms with Gasteiger partial charge in [0.25, 0.3) is 0 Å². The SMILES string of the molecule is Oc1c(F)cccc1-c1cccc(F)c1F. The molecule has 0 radical (unpaired) electrons. The van der Waals surface area contributed by atoms with E-state index in [1.807, 2.05) is 0 Å². The molecular formula is C12H7F3O. The topological polar surface area (TPSA) is 20.2 Å². The van der Waals surface area contributed by atoms with Crippen molar-refractivity contribution in [2.75, 3.05) is 0 Å². The van der Waals surface area contributed by atoms with Gasteiger partial charge in [-0.2, -0.15) is 0 Å². The Balaban J connectivity index is 2.68. The van der Waals surface area contributed by atoms with Gasteiger partial charge in [-0.25, -0.2) is 13.2 Å². The van der Waals surface area contributed by atoms with Crippen LogP contribution in [0.25, 0.3) is 11.1 Å². The van der Waals surface area contributed by atoms with Gasteiger partial charge in [0.15, 0.2) is 23.2 Å². The first-order valence-electron chi connectivity index (χ1n) is 4.53. The van der Waals surface area contributed by atoms with Gasteiger partial charge in [-0.1, -0.05) is 24.3 Å². The lowest BCUT2D eigenvalue weighted by Crippen LogP contribution is -1.90. The van der Waals surface area contributed by atoms with E-state index in [-0.39, 0.29) is 11.1 Å². The summed E-state index contributed by atoms with van der Waals surface area (Å²) < 4.78 is 39.4. The lowest BCUT2D eigenvalue weighted by atomic mass is 10.0. The zero-order valence-electron chi connectivity index (χ0n) is 8.05. The number of benzene rings is 2. The summed E-state index contributed by atoms with van der Waals surface area (Å²) in [6, 6.07) is 7.18. The Hall–Kier alpha value is -1.97. The molecule has 2 aromatic rings. The number of rotatable bonds is 1. The van der Waals surface area contributed by atoms with Gasteiger partial charge in [-0.05, 0) is 12.1 Å². The molecule has 0 saturated heterocycles. The van der Waals surface area contributed by atoms with Crippen LogP contribution in [-0.2, 0) is 0 Å². The first-order chi connectivity index (χ1) is 7.61. The van der Waals surface area contributed by atoms with E-state index in [1.54, 1.807) is 0 Å². The second-order valence-electron chi connectivity index (χ2n) is 3.24. The molecule has 0 atom stereocenters. The van der Waals surface area contributed by atoms with Crippen LogP contribution in [-0.4, -0.2) is 5.11 Å². The molecule has 0 amide bonds. The van der Waals surface area contributed by atoms with Crippen LogP contribution in [0.3, 0.4) is 0 Å². The van der Waals surface area contributed by atoms with E-state index < -0.39 is 23.2 Å². The molecule has 2 aromatic carbocycles. The van der Waals surface area contributed by atoms with Crippen LogP contribution in [0.5, 0.6) is 5.75 Å². The minimum atomic E-state index is -1.11. The van der Waals surface area contributed by atoms with Crippen LogP contribution in [0.2, 0.25) is 0 Å². The molecule has 0 aliphatic rings. The van der Waals surface area contributed by atoms with E-state index >= 15 is 0 Å². The summed E-state index contributed by atoms with van der Waals surface area (Å²) in [6.07, 6.45) is 0. The van der Waals surface area contributed by atoms with Crippen molar-refractivity contribution < 1.29 is 18.3 Å². The maximum atomic E-state index is 13.4. The molecule has 2 rings (SSSR count). The smallest absolute Gasteiger partial charge is 0.166 e. The molecule has 0 saturated carbocycles. The molecule has 4 heteroatoms. The quantitative estimate of drug-likeness (QED) is 0.786. The summed E-state index contributed by atoms with van der Waals surface area (Å²) in [4.78, 5) is 0. The van der Waals surface area contributed by atoms with Gasteiger partial charge in [0.05, 0.1) is 0 Å². The zero-order chi connectivity index (χ0) is 11.7. The minimum absolute atomic E-state index is 0.0722. The average Bonchev–Trinajstić information content (AvgIpc) is 2.27. The average molecular weight is 224 g/mol. The van der Waals surface area contributed by atoms with Gasteiger partial charge < -0.3 is 5.11 Å². The number of phenols is 1. The predicted molar refractivity (Wildman–Crippen MR) is 53.4 cm³/mol. The second-order valence-corrected chi connectivity index (χ2v) is 3.24. The van der Waals surface area contributed by atoms with Crippen LogP contribution in [0.15, 0.2) is 36.4 Å². The van der Waals surface area contributed by atoms with Crippen LogP contribution < -0.4 is 0 Å². The van der Waals surface area contributed by atoms with Crippen molar-refractivity contribution in [3.8, 4) is 16.9 Å². The largest absolute Gasteiger partial charge is 0.504 e. The Morgan fingerprint density at radius 2 is 1.31 bits per heavy atom. The van der Waals surface area contributed by atoms with E-state index in [0.29, 0.717) is 0 Å². The Bertz CT molecular complexity index is 488. The second kappa shape index (κ2) is 3.89. The predicted octanol–water partition coefficient (Wildman–Crippen LogP) is 3.48. The molecule has 1 nitrogen and oxygen atoms in total. The van der Waals surface area contributed by atoms with Crippen molar-refractivity contribution in [3.05, 3.63) is 53.8 Å². The summed E-state index contributed by atoms with van der Waals surface area (Å²) >= 11 is 0. The highest BCUT2D eigenvalue weighted by Gasteiger charge is 2.14. The molecule has 0 unspecified atom stereocenters. The zero-order valence-corrected chi connectivity index (χ0v) is 8.05. The first-order valence-corrected chi connectivity index (χ1v) is 4.53. The fraction of sp³-hybridized carbons (Fsp3) is 0. The van der Waals surface area contributed by atoms with E-state index in [9.17, 15) is 18.3 Å². The van der Waals surface area contributed by atoms with E-state index in [4.69, 9.17) is 0 Å². The van der Waals surface area contributed by atoms with Gasteiger partial charge in [-0.15, -0.1) is 0 Å². The van der Waals surface area contributed by atoms with Crippen LogP contribution in [0.1, 0.15) is 0 Å². The van der Waals surface area contributed by atoms with Gasteiger partial charge in [0, 0.05) is 11.1 Å². The van der Waals surface area contributed by atoms with Crippen molar-refractivity contribution in [2.45, 2.75) is 0 Å². The van der Waals surface area contributed by atoms with Gasteiger partial charge in [-0.3, -0.25) is 0 Å². The van der Waals surface area contributed by atoms with Crippen LogP contribution in [0, 0.1) is 17.5 Å². The Morgan fingerprint density at radius 3 is 2.00 bits per heavy atom. The Morgan fingerprint density at radius 1 is 0.750 bits per heavy atom. The highest BCUT2D eigenvalue weighted by atomic mass is 19.2.